The number of amides is 1. The van der Waals surface area contributed by atoms with Crippen LogP contribution in [0.3, 0.4) is 0 Å². The lowest BCUT2D eigenvalue weighted by atomic mass is 9.70. The van der Waals surface area contributed by atoms with Gasteiger partial charge in [-0.3, -0.25) is 4.79 Å². The molecule has 2 aliphatic rings. The fourth-order valence-electron chi connectivity index (χ4n) is 4.04. The molecule has 23 heavy (non-hydrogen) atoms. The summed E-state index contributed by atoms with van der Waals surface area (Å²) in [6.45, 7) is 1.02. The van der Waals surface area contributed by atoms with Crippen molar-refractivity contribution in [2.75, 3.05) is 17.2 Å². The maximum Gasteiger partial charge on any atom is 0.255 e. The van der Waals surface area contributed by atoms with Crippen LogP contribution in [0.4, 0.5) is 11.4 Å². The SMILES string of the molecule is O=C(Nc1ccccc1)c1ccc2c(c1)C1(CCCCC1)CN2. The van der Waals surface area contributed by atoms with Gasteiger partial charge in [-0.15, -0.1) is 0 Å². The second-order valence-corrected chi connectivity index (χ2v) is 6.78. The van der Waals surface area contributed by atoms with Crippen LogP contribution in [0.2, 0.25) is 0 Å². The number of rotatable bonds is 2. The molecule has 2 N–H and O–H groups in total. The Kier molecular flexibility index (Phi) is 3.56. The van der Waals surface area contributed by atoms with E-state index in [1.54, 1.807) is 0 Å². The highest BCUT2D eigenvalue weighted by molar-refractivity contribution is 6.04. The summed E-state index contributed by atoms with van der Waals surface area (Å²) in [6.07, 6.45) is 6.39. The molecule has 3 nitrogen and oxygen atoms in total. The van der Waals surface area contributed by atoms with Crippen LogP contribution in [0.5, 0.6) is 0 Å². The molecule has 1 aliphatic carbocycles. The zero-order valence-electron chi connectivity index (χ0n) is 13.3. The number of fused-ring (bicyclic) bond motifs is 2. The Hall–Kier alpha value is -2.29. The lowest BCUT2D eigenvalue weighted by Gasteiger charge is -2.33. The summed E-state index contributed by atoms with van der Waals surface area (Å²) in [5, 5.41) is 6.53. The van der Waals surface area contributed by atoms with Crippen LogP contribution in [0.15, 0.2) is 48.5 Å². The van der Waals surface area contributed by atoms with Gasteiger partial charge in [-0.1, -0.05) is 37.5 Å². The molecule has 1 fully saturated rings. The molecule has 1 heterocycles. The lowest BCUT2D eigenvalue weighted by molar-refractivity contribution is 0.102. The van der Waals surface area contributed by atoms with Crippen LogP contribution in [0.25, 0.3) is 0 Å². The van der Waals surface area contributed by atoms with Crippen molar-refractivity contribution in [3.8, 4) is 0 Å². The molecule has 1 saturated carbocycles. The van der Waals surface area contributed by atoms with Gasteiger partial charge in [0.2, 0.25) is 0 Å². The number of para-hydroxylation sites is 1. The zero-order valence-corrected chi connectivity index (χ0v) is 13.3. The van der Waals surface area contributed by atoms with Crippen molar-refractivity contribution in [1.29, 1.82) is 0 Å². The van der Waals surface area contributed by atoms with Gasteiger partial charge >= 0.3 is 0 Å². The van der Waals surface area contributed by atoms with E-state index in [9.17, 15) is 4.79 Å². The average Bonchev–Trinajstić information content (AvgIpc) is 2.94. The largest absolute Gasteiger partial charge is 0.384 e. The molecule has 0 saturated heterocycles. The molecule has 1 aliphatic heterocycles. The third kappa shape index (κ3) is 2.61. The number of hydrogen-bond donors (Lipinski definition) is 2. The first-order chi connectivity index (χ1) is 11.3. The van der Waals surface area contributed by atoms with Crippen molar-refractivity contribution >= 4 is 17.3 Å². The third-order valence-electron chi connectivity index (χ3n) is 5.31. The van der Waals surface area contributed by atoms with Gasteiger partial charge in [-0.25, -0.2) is 0 Å². The molecule has 0 unspecified atom stereocenters. The van der Waals surface area contributed by atoms with Gasteiger partial charge < -0.3 is 10.6 Å². The highest BCUT2D eigenvalue weighted by atomic mass is 16.1. The maximum absolute atomic E-state index is 12.6. The molecule has 2 aromatic rings. The van der Waals surface area contributed by atoms with Gasteiger partial charge in [0, 0.05) is 28.9 Å². The van der Waals surface area contributed by atoms with Crippen LogP contribution in [-0.4, -0.2) is 12.5 Å². The van der Waals surface area contributed by atoms with Crippen LogP contribution >= 0.6 is 0 Å². The normalized spacial score (nSPS) is 18.3. The molecule has 3 heteroatoms. The second kappa shape index (κ2) is 5.73. The van der Waals surface area contributed by atoms with E-state index >= 15 is 0 Å². The van der Waals surface area contributed by atoms with E-state index < -0.39 is 0 Å². The molecule has 1 spiro atoms. The average molecular weight is 306 g/mol. The molecule has 0 radical (unpaired) electrons. The Morgan fingerprint density at radius 2 is 1.78 bits per heavy atom. The fourth-order valence-corrected chi connectivity index (χ4v) is 4.04. The van der Waals surface area contributed by atoms with E-state index in [-0.39, 0.29) is 11.3 Å². The van der Waals surface area contributed by atoms with E-state index in [0.29, 0.717) is 0 Å². The van der Waals surface area contributed by atoms with Crippen LogP contribution in [-0.2, 0) is 5.41 Å². The molecule has 0 atom stereocenters. The van der Waals surface area contributed by atoms with E-state index in [2.05, 4.69) is 22.8 Å². The molecular weight excluding hydrogens is 284 g/mol. The van der Waals surface area contributed by atoms with Crippen LogP contribution in [0, 0.1) is 0 Å². The minimum atomic E-state index is -0.0307. The van der Waals surface area contributed by atoms with Crippen LogP contribution in [0.1, 0.15) is 48.0 Å². The van der Waals surface area contributed by atoms with E-state index in [4.69, 9.17) is 0 Å². The van der Waals surface area contributed by atoms with Gasteiger partial charge in [0.1, 0.15) is 0 Å². The molecule has 1 amide bonds. The van der Waals surface area contributed by atoms with E-state index in [1.807, 2.05) is 36.4 Å². The first-order valence-corrected chi connectivity index (χ1v) is 8.52. The van der Waals surface area contributed by atoms with Gasteiger partial charge in [-0.2, -0.15) is 0 Å². The van der Waals surface area contributed by atoms with Crippen molar-refractivity contribution < 1.29 is 4.79 Å². The predicted molar refractivity (Wildman–Crippen MR) is 94.1 cm³/mol. The summed E-state index contributed by atoms with van der Waals surface area (Å²) in [5.41, 5.74) is 4.39. The minimum absolute atomic E-state index is 0.0307. The van der Waals surface area contributed by atoms with Crippen molar-refractivity contribution in [2.45, 2.75) is 37.5 Å². The van der Waals surface area contributed by atoms with Crippen LogP contribution < -0.4 is 10.6 Å². The Bertz CT molecular complexity index is 712. The number of hydrogen-bond acceptors (Lipinski definition) is 2. The number of carbonyl (C=O) groups excluding carboxylic acids is 1. The Morgan fingerprint density at radius 3 is 2.57 bits per heavy atom. The molecule has 118 valence electrons. The van der Waals surface area contributed by atoms with Crippen molar-refractivity contribution in [2.24, 2.45) is 0 Å². The summed E-state index contributed by atoms with van der Waals surface area (Å²) in [6, 6.07) is 15.7. The second-order valence-electron chi connectivity index (χ2n) is 6.78. The molecule has 2 aromatic carbocycles. The summed E-state index contributed by atoms with van der Waals surface area (Å²) < 4.78 is 0. The highest BCUT2D eigenvalue weighted by Crippen LogP contribution is 2.46. The Labute approximate surface area is 137 Å². The highest BCUT2D eigenvalue weighted by Gasteiger charge is 2.39. The molecule has 0 bridgehead atoms. The summed E-state index contributed by atoms with van der Waals surface area (Å²) in [7, 11) is 0. The van der Waals surface area contributed by atoms with Crippen molar-refractivity contribution in [1.82, 2.24) is 0 Å². The van der Waals surface area contributed by atoms with Gasteiger partial charge in [-0.05, 0) is 48.7 Å². The van der Waals surface area contributed by atoms with Gasteiger partial charge in [0.05, 0.1) is 0 Å². The minimum Gasteiger partial charge on any atom is -0.384 e. The quantitative estimate of drug-likeness (QED) is 0.853. The third-order valence-corrected chi connectivity index (χ3v) is 5.31. The number of anilines is 2. The number of nitrogens with one attached hydrogen (secondary N) is 2. The summed E-state index contributed by atoms with van der Waals surface area (Å²) in [5.74, 6) is -0.0307. The Morgan fingerprint density at radius 1 is 1.00 bits per heavy atom. The lowest BCUT2D eigenvalue weighted by Crippen LogP contribution is -2.31. The zero-order chi connectivity index (χ0) is 15.7. The molecule has 4 rings (SSSR count). The summed E-state index contributed by atoms with van der Waals surface area (Å²) in [4.78, 5) is 12.6. The van der Waals surface area contributed by atoms with E-state index in [1.165, 1.54) is 43.4 Å². The van der Waals surface area contributed by atoms with Crippen molar-refractivity contribution in [3.05, 3.63) is 59.7 Å². The smallest absolute Gasteiger partial charge is 0.255 e. The van der Waals surface area contributed by atoms with Crippen molar-refractivity contribution in [3.63, 3.8) is 0 Å². The maximum atomic E-state index is 12.6. The topological polar surface area (TPSA) is 41.1 Å². The monoisotopic (exact) mass is 306 g/mol. The fraction of sp³-hybridized carbons (Fsp3) is 0.350. The van der Waals surface area contributed by atoms with Gasteiger partial charge in [0.15, 0.2) is 0 Å². The number of benzene rings is 2. The standard InChI is InChI=1S/C20H22N2O/c23-19(22-16-7-3-1-4-8-16)15-9-10-18-17(13-15)20(14-21-18)11-5-2-6-12-20/h1,3-4,7-10,13,21H,2,5-6,11-12,14H2,(H,22,23). The predicted octanol–water partition coefficient (Wildman–Crippen LogP) is 4.57. The first-order valence-electron chi connectivity index (χ1n) is 8.52. The molecule has 0 aromatic heterocycles. The van der Waals surface area contributed by atoms with E-state index in [0.717, 1.165) is 17.8 Å². The summed E-state index contributed by atoms with van der Waals surface area (Å²) >= 11 is 0. The Balaban J connectivity index is 1.62. The van der Waals surface area contributed by atoms with Gasteiger partial charge in [0.25, 0.3) is 5.91 Å². The first kappa shape index (κ1) is 14.3. The number of carbonyl (C=O) groups is 1. The molecular formula is C20H22N2O.